The van der Waals surface area contributed by atoms with Gasteiger partial charge in [-0.05, 0) is 52.4 Å². The lowest BCUT2D eigenvalue weighted by atomic mass is 9.86. The zero-order chi connectivity index (χ0) is 17.7. The summed E-state index contributed by atoms with van der Waals surface area (Å²) in [5.41, 5.74) is -0.536. The predicted octanol–water partition coefficient (Wildman–Crippen LogP) is 1.000. The molecule has 0 unspecified atom stereocenters. The number of rotatable bonds is 4. The first-order valence-electron chi connectivity index (χ1n) is 7.41. The van der Waals surface area contributed by atoms with E-state index in [2.05, 4.69) is 10.5 Å². The Morgan fingerprint density at radius 2 is 1.70 bits per heavy atom. The number of carbonyl (C=O) groups is 2. The summed E-state index contributed by atoms with van der Waals surface area (Å²) in [7, 11) is -4.10. The topological polar surface area (TPSA) is 137 Å². The van der Waals surface area contributed by atoms with Gasteiger partial charge in [0, 0.05) is 6.04 Å². The molecular formula is C13H25N3O6S. The molecule has 0 radical (unpaired) electrons. The van der Waals surface area contributed by atoms with Crippen LogP contribution in [-0.2, 0) is 19.7 Å². The van der Waals surface area contributed by atoms with Crippen LogP contribution in [0.3, 0.4) is 0 Å². The van der Waals surface area contributed by atoms with Gasteiger partial charge in [-0.25, -0.2) is 19.5 Å². The van der Waals surface area contributed by atoms with Gasteiger partial charge in [-0.2, -0.15) is 8.42 Å². The van der Waals surface area contributed by atoms with Gasteiger partial charge in [0.25, 0.3) is 0 Å². The van der Waals surface area contributed by atoms with Crippen molar-refractivity contribution in [2.24, 2.45) is 11.1 Å². The molecule has 10 heteroatoms. The third-order valence-corrected chi connectivity index (χ3v) is 3.69. The minimum absolute atomic E-state index is 0.0272. The van der Waals surface area contributed by atoms with Crippen molar-refractivity contribution < 1.29 is 27.5 Å². The largest absolute Gasteiger partial charge is 0.449 e. The van der Waals surface area contributed by atoms with Crippen LogP contribution in [0.15, 0.2) is 0 Å². The highest BCUT2D eigenvalue weighted by Crippen LogP contribution is 2.24. The van der Waals surface area contributed by atoms with Crippen LogP contribution >= 0.6 is 0 Å². The van der Waals surface area contributed by atoms with Crippen molar-refractivity contribution in [2.45, 2.75) is 58.1 Å². The highest BCUT2D eigenvalue weighted by atomic mass is 32.2. The van der Waals surface area contributed by atoms with Crippen molar-refractivity contribution in [1.82, 2.24) is 10.0 Å². The quantitative estimate of drug-likeness (QED) is 0.691. The van der Waals surface area contributed by atoms with Gasteiger partial charge in [0.2, 0.25) is 0 Å². The van der Waals surface area contributed by atoms with Crippen molar-refractivity contribution in [3.05, 3.63) is 0 Å². The van der Waals surface area contributed by atoms with E-state index in [0.29, 0.717) is 0 Å². The summed E-state index contributed by atoms with van der Waals surface area (Å²) in [6.07, 6.45) is 1.46. The van der Waals surface area contributed by atoms with Gasteiger partial charge < -0.3 is 14.8 Å². The molecule has 1 fully saturated rings. The minimum atomic E-state index is -4.10. The van der Waals surface area contributed by atoms with Crippen molar-refractivity contribution in [2.75, 3.05) is 6.61 Å². The number of hydrogen-bond donors (Lipinski definition) is 3. The second kappa shape index (κ2) is 7.82. The zero-order valence-corrected chi connectivity index (χ0v) is 14.4. The van der Waals surface area contributed by atoms with E-state index < -0.39 is 28.0 Å². The van der Waals surface area contributed by atoms with E-state index in [9.17, 15) is 18.0 Å². The number of carbonyl (C=O) groups excluding carboxylic acids is 2. The number of alkyl carbamates (subject to hydrolysis) is 1. The smallest absolute Gasteiger partial charge is 0.421 e. The molecule has 0 heterocycles. The number of nitrogens with two attached hydrogens (primary N) is 1. The number of hydrogen-bond acceptors (Lipinski definition) is 6. The molecule has 0 bridgehead atoms. The third-order valence-electron chi connectivity index (χ3n) is 3.24. The molecule has 134 valence electrons. The Hall–Kier alpha value is -1.55. The SMILES string of the molecule is CC(C)(C)OC(=O)N[C@H]1CC[C@@H](COC(=O)NS(N)(=O)=O)CC1. The molecule has 23 heavy (non-hydrogen) atoms. The van der Waals surface area contributed by atoms with E-state index in [1.165, 1.54) is 4.72 Å². The van der Waals surface area contributed by atoms with E-state index in [0.717, 1.165) is 25.7 Å². The Labute approximate surface area is 136 Å². The molecule has 2 amide bonds. The first kappa shape index (κ1) is 19.5. The second-order valence-electron chi connectivity index (χ2n) is 6.61. The van der Waals surface area contributed by atoms with Crippen molar-refractivity contribution in [1.29, 1.82) is 0 Å². The first-order chi connectivity index (χ1) is 10.4. The Bertz CT molecular complexity index is 520. The monoisotopic (exact) mass is 351 g/mol. The molecule has 0 aromatic heterocycles. The van der Waals surface area contributed by atoms with E-state index in [1.807, 2.05) is 0 Å². The highest BCUT2D eigenvalue weighted by molar-refractivity contribution is 7.87. The van der Waals surface area contributed by atoms with E-state index in [4.69, 9.17) is 9.47 Å². The van der Waals surface area contributed by atoms with Gasteiger partial charge in [0.05, 0.1) is 6.61 Å². The van der Waals surface area contributed by atoms with Gasteiger partial charge in [0.15, 0.2) is 0 Å². The molecule has 4 N–H and O–H groups in total. The summed E-state index contributed by atoms with van der Waals surface area (Å²) in [5.74, 6) is 0.123. The molecule has 0 spiro atoms. The Morgan fingerprint density at radius 3 is 2.17 bits per heavy atom. The molecule has 1 saturated carbocycles. The predicted molar refractivity (Wildman–Crippen MR) is 82.7 cm³/mol. The molecule has 1 rings (SSSR count). The van der Waals surface area contributed by atoms with E-state index in [-0.39, 0.29) is 18.6 Å². The summed E-state index contributed by atoms with van der Waals surface area (Å²) in [6.45, 7) is 5.51. The maximum Gasteiger partial charge on any atom is 0.421 e. The van der Waals surface area contributed by atoms with Gasteiger partial charge in [0.1, 0.15) is 5.60 Å². The molecule has 0 aromatic carbocycles. The van der Waals surface area contributed by atoms with E-state index in [1.54, 1.807) is 20.8 Å². The molecule has 1 aliphatic rings. The minimum Gasteiger partial charge on any atom is -0.449 e. The van der Waals surface area contributed by atoms with Crippen molar-refractivity contribution in [3.63, 3.8) is 0 Å². The van der Waals surface area contributed by atoms with Gasteiger partial charge >= 0.3 is 22.4 Å². The van der Waals surface area contributed by atoms with Gasteiger partial charge in [-0.3, -0.25) is 0 Å². The average Bonchev–Trinajstić information content (AvgIpc) is 2.33. The lowest BCUT2D eigenvalue weighted by Gasteiger charge is -2.29. The van der Waals surface area contributed by atoms with Crippen LogP contribution in [0.4, 0.5) is 9.59 Å². The standard InChI is InChI=1S/C13H25N3O6S/c1-13(2,3)22-11(17)15-10-6-4-9(5-7-10)8-21-12(18)16-23(14,19)20/h9-10H,4-8H2,1-3H3,(H,15,17)(H,16,18)(H2,14,19,20)/t9-,10+. The Morgan fingerprint density at radius 1 is 1.13 bits per heavy atom. The number of ether oxygens (including phenoxy) is 2. The fourth-order valence-electron chi connectivity index (χ4n) is 2.29. The molecule has 0 atom stereocenters. The number of amides is 2. The summed E-state index contributed by atoms with van der Waals surface area (Å²) in [6, 6.07) is 0.0272. The molecule has 0 saturated heterocycles. The number of nitrogens with one attached hydrogen (secondary N) is 2. The van der Waals surface area contributed by atoms with Crippen LogP contribution in [-0.4, -0.2) is 38.9 Å². The molecular weight excluding hydrogens is 326 g/mol. The van der Waals surface area contributed by atoms with Crippen LogP contribution in [0.5, 0.6) is 0 Å². The lowest BCUT2D eigenvalue weighted by molar-refractivity contribution is 0.0480. The third kappa shape index (κ3) is 9.24. The molecule has 9 nitrogen and oxygen atoms in total. The molecule has 0 aromatic rings. The summed E-state index contributed by atoms with van der Waals surface area (Å²) >= 11 is 0. The van der Waals surface area contributed by atoms with E-state index >= 15 is 0 Å². The lowest BCUT2D eigenvalue weighted by Crippen LogP contribution is -2.41. The average molecular weight is 351 g/mol. The zero-order valence-electron chi connectivity index (χ0n) is 13.6. The van der Waals surface area contributed by atoms with Crippen molar-refractivity contribution >= 4 is 22.4 Å². The first-order valence-corrected chi connectivity index (χ1v) is 8.96. The normalized spacial score (nSPS) is 22.1. The maximum absolute atomic E-state index is 11.7. The van der Waals surface area contributed by atoms with Crippen LogP contribution in [0.2, 0.25) is 0 Å². The van der Waals surface area contributed by atoms with Crippen LogP contribution in [0.1, 0.15) is 46.5 Å². The van der Waals surface area contributed by atoms with Crippen LogP contribution in [0, 0.1) is 5.92 Å². The van der Waals surface area contributed by atoms with Gasteiger partial charge in [-0.1, -0.05) is 0 Å². The maximum atomic E-state index is 11.7. The summed E-state index contributed by atoms with van der Waals surface area (Å²) < 4.78 is 32.8. The second-order valence-corrected chi connectivity index (χ2v) is 7.90. The van der Waals surface area contributed by atoms with Crippen LogP contribution in [0.25, 0.3) is 0 Å². The van der Waals surface area contributed by atoms with Gasteiger partial charge in [-0.15, -0.1) is 0 Å². The summed E-state index contributed by atoms with van der Waals surface area (Å²) in [5, 5.41) is 7.48. The van der Waals surface area contributed by atoms with Crippen molar-refractivity contribution in [3.8, 4) is 0 Å². The molecule has 0 aliphatic heterocycles. The Balaban J connectivity index is 2.25. The Kier molecular flexibility index (Phi) is 6.63. The fourth-order valence-corrected chi connectivity index (χ4v) is 2.58. The fraction of sp³-hybridized carbons (Fsp3) is 0.846. The van der Waals surface area contributed by atoms with Crippen LogP contribution < -0.4 is 15.2 Å². The highest BCUT2D eigenvalue weighted by Gasteiger charge is 2.25. The summed E-state index contributed by atoms with van der Waals surface area (Å²) in [4.78, 5) is 22.9. The molecule has 1 aliphatic carbocycles.